The number of carbonyl (C=O) groups excluding carboxylic acids is 2. The van der Waals surface area contributed by atoms with E-state index >= 15 is 0 Å². The van der Waals surface area contributed by atoms with E-state index in [4.69, 9.17) is 4.74 Å². The van der Waals surface area contributed by atoms with Gasteiger partial charge < -0.3 is 9.64 Å². The third-order valence-corrected chi connectivity index (χ3v) is 3.57. The summed E-state index contributed by atoms with van der Waals surface area (Å²) >= 11 is 0. The largest absolute Gasteiger partial charge is 0.468 e. The standard InChI is InChI=1S/C15H19NO3/c1-3-12(15(18)19-2)14(17)16-10-6-8-11-7-4-5-9-13(11)16/h4-5,7,9,12H,3,6,8,10H2,1-2H3. The molecule has 2 rings (SSSR count). The highest BCUT2D eigenvalue weighted by Gasteiger charge is 2.32. The van der Waals surface area contributed by atoms with Crippen LogP contribution in [0, 0.1) is 5.92 Å². The number of hydrogen-bond donors (Lipinski definition) is 0. The minimum Gasteiger partial charge on any atom is -0.468 e. The van der Waals surface area contributed by atoms with Gasteiger partial charge in [0.1, 0.15) is 5.92 Å². The zero-order chi connectivity index (χ0) is 13.8. The summed E-state index contributed by atoms with van der Waals surface area (Å²) in [6, 6.07) is 7.87. The molecule has 1 aliphatic rings. The highest BCUT2D eigenvalue weighted by molar-refractivity contribution is 6.06. The van der Waals surface area contributed by atoms with Crippen molar-refractivity contribution < 1.29 is 14.3 Å². The van der Waals surface area contributed by atoms with Crippen LogP contribution in [-0.4, -0.2) is 25.5 Å². The fourth-order valence-corrected chi connectivity index (χ4v) is 2.54. The SMILES string of the molecule is CCC(C(=O)OC)C(=O)N1CCCc2ccccc21. The Morgan fingerprint density at radius 3 is 2.79 bits per heavy atom. The molecular formula is C15H19NO3. The molecule has 102 valence electrons. The number of ether oxygens (including phenoxy) is 1. The molecule has 0 aliphatic carbocycles. The lowest BCUT2D eigenvalue weighted by Crippen LogP contribution is -2.42. The highest BCUT2D eigenvalue weighted by Crippen LogP contribution is 2.28. The van der Waals surface area contributed by atoms with Gasteiger partial charge in [0.05, 0.1) is 7.11 Å². The number of nitrogens with zero attached hydrogens (tertiary/aromatic N) is 1. The van der Waals surface area contributed by atoms with E-state index in [9.17, 15) is 9.59 Å². The maximum Gasteiger partial charge on any atom is 0.318 e. The molecule has 4 heteroatoms. The first-order chi connectivity index (χ1) is 9.19. The van der Waals surface area contributed by atoms with Crippen LogP contribution < -0.4 is 4.90 Å². The first-order valence-corrected chi connectivity index (χ1v) is 6.66. The van der Waals surface area contributed by atoms with Gasteiger partial charge in [0, 0.05) is 12.2 Å². The van der Waals surface area contributed by atoms with Crippen molar-refractivity contribution in [1.29, 1.82) is 0 Å². The molecule has 1 heterocycles. The zero-order valence-electron chi connectivity index (χ0n) is 11.4. The molecule has 0 N–H and O–H groups in total. The molecule has 0 saturated heterocycles. The monoisotopic (exact) mass is 261 g/mol. The predicted octanol–water partition coefficient (Wildman–Crippen LogP) is 2.17. The minimum atomic E-state index is -0.698. The molecule has 0 aromatic heterocycles. The van der Waals surface area contributed by atoms with Gasteiger partial charge in [-0.3, -0.25) is 9.59 Å². The lowest BCUT2D eigenvalue weighted by atomic mass is 9.98. The maximum atomic E-state index is 12.5. The van der Waals surface area contributed by atoms with Crippen molar-refractivity contribution in [1.82, 2.24) is 0 Å². The van der Waals surface area contributed by atoms with Crippen LogP contribution in [0.1, 0.15) is 25.3 Å². The van der Waals surface area contributed by atoms with E-state index < -0.39 is 11.9 Å². The van der Waals surface area contributed by atoms with E-state index in [1.807, 2.05) is 31.2 Å². The molecule has 1 unspecified atom stereocenters. The van der Waals surface area contributed by atoms with Crippen molar-refractivity contribution in [3.05, 3.63) is 29.8 Å². The van der Waals surface area contributed by atoms with Gasteiger partial charge in [0.2, 0.25) is 5.91 Å². The van der Waals surface area contributed by atoms with E-state index in [0.717, 1.165) is 18.5 Å². The molecule has 1 aromatic carbocycles. The highest BCUT2D eigenvalue weighted by atomic mass is 16.5. The van der Waals surface area contributed by atoms with Crippen LogP contribution in [0.3, 0.4) is 0 Å². The second-order valence-electron chi connectivity index (χ2n) is 4.71. The summed E-state index contributed by atoms with van der Waals surface area (Å²) in [6.07, 6.45) is 2.37. The van der Waals surface area contributed by atoms with Gasteiger partial charge in [-0.2, -0.15) is 0 Å². The first-order valence-electron chi connectivity index (χ1n) is 6.66. The quantitative estimate of drug-likeness (QED) is 0.619. The van der Waals surface area contributed by atoms with E-state index in [2.05, 4.69) is 0 Å². The summed E-state index contributed by atoms with van der Waals surface area (Å²) in [6.45, 7) is 2.50. The number of hydrogen-bond acceptors (Lipinski definition) is 3. The Labute approximate surface area is 113 Å². The second kappa shape index (κ2) is 5.87. The van der Waals surface area contributed by atoms with Gasteiger partial charge in [-0.05, 0) is 30.9 Å². The summed E-state index contributed by atoms with van der Waals surface area (Å²) in [7, 11) is 1.32. The second-order valence-corrected chi connectivity index (χ2v) is 4.71. The summed E-state index contributed by atoms with van der Waals surface area (Å²) in [5.41, 5.74) is 2.10. The summed E-state index contributed by atoms with van der Waals surface area (Å²) in [5.74, 6) is -1.30. The molecule has 1 aliphatic heterocycles. The van der Waals surface area contributed by atoms with Crippen LogP contribution in [0.4, 0.5) is 5.69 Å². The molecule has 0 radical (unpaired) electrons. The van der Waals surface area contributed by atoms with Crippen molar-refractivity contribution in [2.75, 3.05) is 18.6 Å². The number of benzene rings is 1. The van der Waals surface area contributed by atoms with Crippen LogP contribution in [0.15, 0.2) is 24.3 Å². The summed E-state index contributed by atoms with van der Waals surface area (Å²) < 4.78 is 4.72. The Morgan fingerprint density at radius 1 is 1.37 bits per heavy atom. The molecule has 0 fully saturated rings. The van der Waals surface area contributed by atoms with Gasteiger partial charge in [0.15, 0.2) is 0 Å². The molecule has 19 heavy (non-hydrogen) atoms. The Hall–Kier alpha value is -1.84. The van der Waals surface area contributed by atoms with Crippen LogP contribution in [0.5, 0.6) is 0 Å². The number of amides is 1. The normalized spacial score (nSPS) is 15.6. The topological polar surface area (TPSA) is 46.6 Å². The number of aryl methyl sites for hydroxylation is 1. The lowest BCUT2D eigenvalue weighted by Gasteiger charge is -2.31. The van der Waals surface area contributed by atoms with Crippen LogP contribution in [0.25, 0.3) is 0 Å². The fourth-order valence-electron chi connectivity index (χ4n) is 2.54. The van der Waals surface area contributed by atoms with Gasteiger partial charge in [-0.1, -0.05) is 25.1 Å². The number of para-hydroxylation sites is 1. The van der Waals surface area contributed by atoms with Crippen molar-refractivity contribution >= 4 is 17.6 Å². The third-order valence-electron chi connectivity index (χ3n) is 3.57. The Kier molecular flexibility index (Phi) is 4.20. The van der Waals surface area contributed by atoms with E-state index in [0.29, 0.717) is 13.0 Å². The molecule has 0 spiro atoms. The molecule has 4 nitrogen and oxygen atoms in total. The first kappa shape index (κ1) is 13.6. The number of carbonyl (C=O) groups is 2. The van der Waals surface area contributed by atoms with Crippen LogP contribution in [0.2, 0.25) is 0 Å². The van der Waals surface area contributed by atoms with Crippen LogP contribution >= 0.6 is 0 Å². The number of fused-ring (bicyclic) bond motifs is 1. The van der Waals surface area contributed by atoms with Gasteiger partial charge in [-0.15, -0.1) is 0 Å². The molecule has 1 atom stereocenters. The zero-order valence-corrected chi connectivity index (χ0v) is 11.4. The molecule has 1 amide bonds. The lowest BCUT2D eigenvalue weighted by molar-refractivity contribution is -0.149. The van der Waals surface area contributed by atoms with Gasteiger partial charge >= 0.3 is 5.97 Å². The summed E-state index contributed by atoms with van der Waals surface area (Å²) in [5, 5.41) is 0. The van der Waals surface area contributed by atoms with E-state index in [1.54, 1.807) is 4.90 Å². The molecule has 1 aromatic rings. The molecule has 0 bridgehead atoms. The molecule has 0 saturated carbocycles. The van der Waals surface area contributed by atoms with Crippen molar-refractivity contribution in [3.8, 4) is 0 Å². The number of esters is 1. The van der Waals surface area contributed by atoms with Gasteiger partial charge in [0.25, 0.3) is 0 Å². The van der Waals surface area contributed by atoms with Gasteiger partial charge in [-0.25, -0.2) is 0 Å². The predicted molar refractivity (Wildman–Crippen MR) is 72.9 cm³/mol. The average Bonchev–Trinajstić information content (AvgIpc) is 2.47. The number of methoxy groups -OCH3 is 1. The molecular weight excluding hydrogens is 242 g/mol. The fraction of sp³-hybridized carbons (Fsp3) is 0.467. The minimum absolute atomic E-state index is 0.151. The number of rotatable bonds is 3. The average molecular weight is 261 g/mol. The summed E-state index contributed by atoms with van der Waals surface area (Å²) in [4.78, 5) is 25.9. The third kappa shape index (κ3) is 2.62. The van der Waals surface area contributed by atoms with E-state index in [1.165, 1.54) is 12.7 Å². The van der Waals surface area contributed by atoms with Crippen molar-refractivity contribution in [3.63, 3.8) is 0 Å². The Bertz CT molecular complexity index is 484. The Morgan fingerprint density at radius 2 is 2.11 bits per heavy atom. The Balaban J connectivity index is 2.27. The van der Waals surface area contributed by atoms with Crippen molar-refractivity contribution in [2.24, 2.45) is 5.92 Å². The van der Waals surface area contributed by atoms with E-state index in [-0.39, 0.29) is 5.91 Å². The van der Waals surface area contributed by atoms with Crippen LogP contribution in [-0.2, 0) is 20.7 Å². The van der Waals surface area contributed by atoms with Crippen molar-refractivity contribution in [2.45, 2.75) is 26.2 Å². The number of anilines is 1. The smallest absolute Gasteiger partial charge is 0.318 e. The maximum absolute atomic E-state index is 12.5.